The van der Waals surface area contributed by atoms with Gasteiger partial charge in [-0.1, -0.05) is 30.7 Å². The van der Waals surface area contributed by atoms with Crippen molar-refractivity contribution in [3.05, 3.63) is 51.3 Å². The molecule has 0 spiro atoms. The number of aliphatic carboxylic acids is 1. The van der Waals surface area contributed by atoms with Gasteiger partial charge in [0.05, 0.1) is 11.7 Å². The van der Waals surface area contributed by atoms with E-state index in [4.69, 9.17) is 11.6 Å². The third-order valence-electron chi connectivity index (χ3n) is 3.68. The quantitative estimate of drug-likeness (QED) is 0.778. The van der Waals surface area contributed by atoms with Gasteiger partial charge in [-0.2, -0.15) is 0 Å². The maximum atomic E-state index is 12.8. The average molecular weight is 349 g/mol. The van der Waals surface area contributed by atoms with Gasteiger partial charge in [0.2, 0.25) is 0 Å². The molecule has 0 bridgehead atoms. The summed E-state index contributed by atoms with van der Waals surface area (Å²) in [5, 5.41) is 12.2. The molecule has 7 heteroatoms. The summed E-state index contributed by atoms with van der Waals surface area (Å²) in [4.78, 5) is 29.0. The molecule has 2 heterocycles. The molecule has 1 N–H and O–H groups in total. The number of thiophene rings is 1. The van der Waals surface area contributed by atoms with Gasteiger partial charge in [-0.15, -0.1) is 11.3 Å². The maximum Gasteiger partial charge on any atom is 0.326 e. The molecule has 0 fully saturated rings. The van der Waals surface area contributed by atoms with E-state index in [0.29, 0.717) is 21.7 Å². The lowest BCUT2D eigenvalue weighted by molar-refractivity contribution is -0.141. The summed E-state index contributed by atoms with van der Waals surface area (Å²) in [5.74, 6) is -1.04. The lowest BCUT2D eigenvalue weighted by Gasteiger charge is -2.13. The Labute approximate surface area is 140 Å². The lowest BCUT2D eigenvalue weighted by Crippen LogP contribution is -2.29. The number of benzene rings is 1. The molecule has 3 aromatic rings. The van der Waals surface area contributed by atoms with E-state index in [0.717, 1.165) is 11.1 Å². The van der Waals surface area contributed by atoms with Crippen LogP contribution in [0.25, 0.3) is 21.3 Å². The Hall–Kier alpha value is -2.18. The molecule has 23 heavy (non-hydrogen) atoms. The van der Waals surface area contributed by atoms with Crippen LogP contribution in [-0.2, 0) is 4.79 Å². The number of carboxylic acid groups (broad SMARTS) is 1. The minimum Gasteiger partial charge on any atom is -0.480 e. The van der Waals surface area contributed by atoms with Crippen LogP contribution in [0.1, 0.15) is 19.4 Å². The highest BCUT2D eigenvalue weighted by atomic mass is 35.5. The number of hydrogen-bond acceptors (Lipinski definition) is 4. The van der Waals surface area contributed by atoms with Gasteiger partial charge in [-0.05, 0) is 24.1 Å². The van der Waals surface area contributed by atoms with E-state index in [1.807, 2.05) is 17.5 Å². The van der Waals surface area contributed by atoms with E-state index in [9.17, 15) is 14.7 Å². The molecular formula is C16H13ClN2O3S. The fraction of sp³-hybridized carbons (Fsp3) is 0.188. The second kappa shape index (κ2) is 6.14. The normalized spacial score (nSPS) is 12.4. The molecule has 1 aromatic carbocycles. The van der Waals surface area contributed by atoms with Crippen molar-refractivity contribution in [2.24, 2.45) is 0 Å². The molecule has 0 radical (unpaired) electrons. The molecule has 0 saturated carbocycles. The minimum atomic E-state index is -1.04. The van der Waals surface area contributed by atoms with E-state index in [1.54, 1.807) is 19.1 Å². The summed E-state index contributed by atoms with van der Waals surface area (Å²) in [6.45, 7) is 1.73. The van der Waals surface area contributed by atoms with Crippen molar-refractivity contribution in [3.63, 3.8) is 0 Å². The zero-order valence-electron chi connectivity index (χ0n) is 12.2. The summed E-state index contributed by atoms with van der Waals surface area (Å²) < 4.78 is 1.19. The van der Waals surface area contributed by atoms with Crippen LogP contribution in [-0.4, -0.2) is 20.6 Å². The van der Waals surface area contributed by atoms with Gasteiger partial charge in [-0.3, -0.25) is 9.36 Å². The molecule has 0 saturated heterocycles. The Morgan fingerprint density at radius 2 is 2.09 bits per heavy atom. The molecule has 1 atom stereocenters. The largest absolute Gasteiger partial charge is 0.480 e. The first-order chi connectivity index (χ1) is 11.0. The van der Waals surface area contributed by atoms with Crippen LogP contribution >= 0.6 is 22.9 Å². The van der Waals surface area contributed by atoms with Gasteiger partial charge in [0, 0.05) is 16.0 Å². The second-order valence-corrected chi connectivity index (χ2v) is 6.35. The first-order valence-electron chi connectivity index (χ1n) is 7.00. The van der Waals surface area contributed by atoms with Crippen molar-refractivity contribution in [2.75, 3.05) is 0 Å². The summed E-state index contributed by atoms with van der Waals surface area (Å²) in [5.41, 5.74) is 1.25. The third kappa shape index (κ3) is 2.75. The molecular weight excluding hydrogens is 336 g/mol. The molecule has 5 nitrogen and oxygen atoms in total. The minimum absolute atomic E-state index is 0.308. The van der Waals surface area contributed by atoms with Gasteiger partial charge in [-0.25, -0.2) is 9.78 Å². The Morgan fingerprint density at radius 1 is 1.39 bits per heavy atom. The summed E-state index contributed by atoms with van der Waals surface area (Å²) >= 11 is 7.26. The first kappa shape index (κ1) is 15.7. The Balaban J connectivity index is 2.24. The second-order valence-electron chi connectivity index (χ2n) is 5.06. The predicted octanol–water partition coefficient (Wildman–Crippen LogP) is 3.81. The summed E-state index contributed by atoms with van der Waals surface area (Å²) in [7, 11) is 0. The molecule has 2 aromatic heterocycles. The van der Waals surface area contributed by atoms with E-state index in [2.05, 4.69) is 4.98 Å². The Morgan fingerprint density at radius 3 is 2.70 bits per heavy atom. The molecule has 0 aliphatic heterocycles. The van der Waals surface area contributed by atoms with E-state index < -0.39 is 12.0 Å². The average Bonchev–Trinajstić information content (AvgIpc) is 2.95. The van der Waals surface area contributed by atoms with E-state index in [-0.39, 0.29) is 5.56 Å². The maximum absolute atomic E-state index is 12.8. The zero-order valence-corrected chi connectivity index (χ0v) is 13.8. The Bertz CT molecular complexity index is 931. The van der Waals surface area contributed by atoms with Gasteiger partial charge in [0.25, 0.3) is 5.56 Å². The number of aromatic nitrogens is 2. The number of nitrogens with zero attached hydrogens (tertiary/aromatic N) is 2. The van der Waals surface area contributed by atoms with Crippen molar-refractivity contribution >= 4 is 39.1 Å². The smallest absolute Gasteiger partial charge is 0.326 e. The number of fused-ring (bicyclic) bond motifs is 1. The highest BCUT2D eigenvalue weighted by Gasteiger charge is 2.21. The number of rotatable bonds is 4. The number of hydrogen-bond donors (Lipinski definition) is 1. The highest BCUT2D eigenvalue weighted by Crippen LogP contribution is 2.31. The summed E-state index contributed by atoms with van der Waals surface area (Å²) in [6, 6.07) is 6.24. The van der Waals surface area contributed by atoms with Crippen LogP contribution in [0.5, 0.6) is 0 Å². The van der Waals surface area contributed by atoms with Crippen LogP contribution in [0.3, 0.4) is 0 Å². The van der Waals surface area contributed by atoms with E-state index in [1.165, 1.54) is 22.2 Å². The number of carboxylic acids is 1. The monoisotopic (exact) mass is 348 g/mol. The van der Waals surface area contributed by atoms with Crippen molar-refractivity contribution in [1.82, 2.24) is 9.55 Å². The molecule has 3 rings (SSSR count). The van der Waals surface area contributed by atoms with Crippen molar-refractivity contribution in [1.29, 1.82) is 0 Å². The van der Waals surface area contributed by atoms with Gasteiger partial charge < -0.3 is 5.11 Å². The lowest BCUT2D eigenvalue weighted by atomic mass is 10.1. The number of carbonyl (C=O) groups is 1. The molecule has 0 amide bonds. The van der Waals surface area contributed by atoms with Crippen molar-refractivity contribution in [2.45, 2.75) is 19.4 Å². The zero-order chi connectivity index (χ0) is 16.6. The van der Waals surface area contributed by atoms with E-state index >= 15 is 0 Å². The predicted molar refractivity (Wildman–Crippen MR) is 91.3 cm³/mol. The highest BCUT2D eigenvalue weighted by molar-refractivity contribution is 7.17. The Kier molecular flexibility index (Phi) is 4.19. The SMILES string of the molecule is CC[C@H](C(=O)O)n1cnc2scc(-c3ccc(Cl)cc3)c2c1=O. The van der Waals surface area contributed by atoms with Crippen molar-refractivity contribution in [3.8, 4) is 11.1 Å². The topological polar surface area (TPSA) is 72.2 Å². The molecule has 0 aliphatic rings. The standard InChI is InChI=1S/C16H13ClN2O3S/c1-2-12(16(21)22)19-8-18-14-13(15(19)20)11(7-23-14)9-3-5-10(17)6-4-9/h3-8,12H,2H2,1H3,(H,21,22)/t12-/m1/s1. The number of halogens is 1. The van der Waals surface area contributed by atoms with Gasteiger partial charge in [0.1, 0.15) is 10.9 Å². The van der Waals surface area contributed by atoms with Crippen LogP contribution in [0.15, 0.2) is 40.8 Å². The van der Waals surface area contributed by atoms with Crippen LogP contribution in [0, 0.1) is 0 Å². The van der Waals surface area contributed by atoms with Gasteiger partial charge in [0.15, 0.2) is 0 Å². The van der Waals surface area contributed by atoms with Crippen LogP contribution in [0.2, 0.25) is 5.02 Å². The van der Waals surface area contributed by atoms with Crippen molar-refractivity contribution < 1.29 is 9.90 Å². The van der Waals surface area contributed by atoms with Gasteiger partial charge >= 0.3 is 5.97 Å². The first-order valence-corrected chi connectivity index (χ1v) is 8.25. The molecule has 0 aliphatic carbocycles. The third-order valence-corrected chi connectivity index (χ3v) is 4.82. The fourth-order valence-electron chi connectivity index (χ4n) is 2.50. The fourth-order valence-corrected chi connectivity index (χ4v) is 3.53. The van der Waals surface area contributed by atoms with Crippen LogP contribution in [0.4, 0.5) is 0 Å². The molecule has 118 valence electrons. The molecule has 0 unspecified atom stereocenters. The summed E-state index contributed by atoms with van der Waals surface area (Å²) in [6.07, 6.45) is 1.62. The van der Waals surface area contributed by atoms with Crippen LogP contribution < -0.4 is 5.56 Å².